The minimum absolute atomic E-state index is 0.174. The van der Waals surface area contributed by atoms with E-state index in [1.165, 1.54) is 12.2 Å². The molecular formula is C20H18N2O6. The molecule has 0 radical (unpaired) electrons. The van der Waals surface area contributed by atoms with Gasteiger partial charge in [0, 0.05) is 12.8 Å². The fourth-order valence-corrected chi connectivity index (χ4v) is 2.55. The largest absolute Gasteiger partial charge is 0.375 e. The molecule has 2 aromatic rings. The minimum Gasteiger partial charge on any atom is -0.375 e. The summed E-state index contributed by atoms with van der Waals surface area (Å²) < 4.78 is 0. The lowest BCUT2D eigenvalue weighted by atomic mass is 10.0. The van der Waals surface area contributed by atoms with E-state index in [0.717, 1.165) is 0 Å². The van der Waals surface area contributed by atoms with Crippen LogP contribution in [0.5, 0.6) is 11.5 Å². The Morgan fingerprint density at radius 2 is 1.14 bits per heavy atom. The summed E-state index contributed by atoms with van der Waals surface area (Å²) in [4.78, 5) is 56.9. The lowest BCUT2D eigenvalue weighted by molar-refractivity contribution is -0.129. The second-order valence-electron chi connectivity index (χ2n) is 6.11. The average molecular weight is 382 g/mol. The number of rotatable bonds is 6. The van der Waals surface area contributed by atoms with Crippen LogP contribution in [0.4, 0.5) is 0 Å². The summed E-state index contributed by atoms with van der Waals surface area (Å²) in [5, 5.41) is 2.60. The van der Waals surface area contributed by atoms with E-state index in [1.54, 1.807) is 38.1 Å². The first-order chi connectivity index (χ1) is 13.4. The molecule has 0 atom stereocenters. The molecule has 2 aromatic carbocycles. The van der Waals surface area contributed by atoms with Gasteiger partial charge in [-0.25, -0.2) is 0 Å². The van der Waals surface area contributed by atoms with E-state index >= 15 is 0 Å². The summed E-state index contributed by atoms with van der Waals surface area (Å²) in [6.45, 7) is 3.35. The Morgan fingerprint density at radius 1 is 0.750 bits per heavy atom. The first-order valence-corrected chi connectivity index (χ1v) is 8.72. The maximum absolute atomic E-state index is 11.6. The van der Waals surface area contributed by atoms with Gasteiger partial charge in [0.05, 0.1) is 0 Å². The Hall–Kier alpha value is -3.68. The molecular weight excluding hydrogens is 364 g/mol. The average Bonchev–Trinajstić information content (AvgIpc) is 2.69. The van der Waals surface area contributed by atoms with Crippen molar-refractivity contribution in [1.29, 1.82) is 0 Å². The molecule has 28 heavy (non-hydrogen) atoms. The summed E-state index contributed by atoms with van der Waals surface area (Å²) >= 11 is 0. The van der Waals surface area contributed by atoms with Crippen molar-refractivity contribution in [3.8, 4) is 11.5 Å². The molecule has 8 heteroatoms. The highest BCUT2D eigenvalue weighted by molar-refractivity contribution is 6.57. The van der Waals surface area contributed by atoms with Gasteiger partial charge >= 0.3 is 0 Å². The molecule has 2 N–H and O–H groups in total. The molecule has 0 saturated heterocycles. The van der Waals surface area contributed by atoms with Crippen molar-refractivity contribution in [1.82, 2.24) is 11.0 Å². The highest BCUT2D eigenvalue weighted by atomic mass is 16.7. The van der Waals surface area contributed by atoms with Crippen LogP contribution in [0.15, 0.2) is 24.3 Å². The molecule has 1 aliphatic rings. The van der Waals surface area contributed by atoms with Crippen molar-refractivity contribution >= 4 is 46.3 Å². The molecule has 3 rings (SSSR count). The van der Waals surface area contributed by atoms with Gasteiger partial charge in [-0.2, -0.15) is 11.0 Å². The summed E-state index contributed by atoms with van der Waals surface area (Å²) in [6, 6.07) is 6.67. The van der Waals surface area contributed by atoms with Crippen LogP contribution in [-0.2, 0) is 19.2 Å². The quantitative estimate of drug-likeness (QED) is 0.545. The molecule has 144 valence electrons. The number of fused-ring (bicyclic) bond motifs is 2. The predicted octanol–water partition coefficient (Wildman–Crippen LogP) is 0.193. The van der Waals surface area contributed by atoms with Crippen molar-refractivity contribution in [2.24, 2.45) is 0 Å². The third-order valence-electron chi connectivity index (χ3n) is 4.11. The number of ketones is 2. The molecule has 0 aliphatic heterocycles. The lowest BCUT2D eigenvalue weighted by Gasteiger charge is -2.14. The summed E-state index contributed by atoms with van der Waals surface area (Å²) in [7, 11) is 0. The smallest absolute Gasteiger partial charge is 0.252 e. The van der Waals surface area contributed by atoms with Gasteiger partial charge in [0.15, 0.2) is 0 Å². The van der Waals surface area contributed by atoms with Crippen molar-refractivity contribution in [2.45, 2.75) is 26.7 Å². The standard InChI is InChI=1S/C20H18N2O6/c1-3-19(25)21-27-17-9-13-5-11-7-15(23)16(24)8-12(11)6-14(13)10-18(17)28-22-20(26)4-2/h5-10H,3-4H2,1-2H3,(H,21,25)(H,22,26). The first-order valence-electron chi connectivity index (χ1n) is 8.72. The summed E-state index contributed by atoms with van der Waals surface area (Å²) in [6.07, 6.45) is 3.01. The van der Waals surface area contributed by atoms with E-state index < -0.39 is 11.6 Å². The number of hydrogen-bond donors (Lipinski definition) is 2. The van der Waals surface area contributed by atoms with Crippen LogP contribution >= 0.6 is 0 Å². The molecule has 0 bridgehead atoms. The van der Waals surface area contributed by atoms with Crippen LogP contribution in [0.2, 0.25) is 0 Å². The second-order valence-corrected chi connectivity index (χ2v) is 6.11. The van der Waals surface area contributed by atoms with Crippen LogP contribution in [-0.4, -0.2) is 23.4 Å². The fraction of sp³-hybridized carbons (Fsp3) is 0.200. The Labute approximate surface area is 159 Å². The number of Topliss-reactive ketones (excluding diaryl/α,β-unsaturated/α-hetero) is 2. The Kier molecular flexibility index (Phi) is 5.39. The van der Waals surface area contributed by atoms with Gasteiger partial charge in [0.25, 0.3) is 11.8 Å². The van der Waals surface area contributed by atoms with Gasteiger partial charge in [0.2, 0.25) is 23.1 Å². The molecule has 1 aliphatic carbocycles. The Bertz CT molecular complexity index is 1030. The minimum atomic E-state index is -0.583. The predicted molar refractivity (Wildman–Crippen MR) is 100 cm³/mol. The van der Waals surface area contributed by atoms with Crippen LogP contribution in [0.1, 0.15) is 26.7 Å². The monoisotopic (exact) mass is 382 g/mol. The third-order valence-corrected chi connectivity index (χ3v) is 4.11. The number of carbonyl (C=O) groups excluding carboxylic acids is 4. The van der Waals surface area contributed by atoms with Gasteiger partial charge in [0.1, 0.15) is 0 Å². The van der Waals surface area contributed by atoms with Gasteiger partial charge < -0.3 is 9.68 Å². The van der Waals surface area contributed by atoms with E-state index in [0.29, 0.717) is 21.2 Å². The van der Waals surface area contributed by atoms with Gasteiger partial charge in [-0.05, 0) is 57.6 Å². The maximum atomic E-state index is 11.6. The zero-order chi connectivity index (χ0) is 20.3. The topological polar surface area (TPSA) is 111 Å². The number of hydroxylamine groups is 2. The number of nitrogens with one attached hydrogen (secondary N) is 2. The van der Waals surface area contributed by atoms with Crippen molar-refractivity contribution in [3.63, 3.8) is 0 Å². The Morgan fingerprint density at radius 3 is 1.50 bits per heavy atom. The number of benzene rings is 2. The number of amides is 2. The number of hydrogen-bond acceptors (Lipinski definition) is 6. The van der Waals surface area contributed by atoms with E-state index in [4.69, 9.17) is 9.68 Å². The van der Waals surface area contributed by atoms with Crippen molar-refractivity contribution in [3.05, 3.63) is 34.7 Å². The highest BCUT2D eigenvalue weighted by Crippen LogP contribution is 2.31. The molecule has 0 fully saturated rings. The molecule has 0 unspecified atom stereocenters. The molecule has 0 aromatic heterocycles. The van der Waals surface area contributed by atoms with Crippen LogP contribution < -0.4 is 31.1 Å². The van der Waals surface area contributed by atoms with Crippen LogP contribution in [0.25, 0.3) is 22.9 Å². The van der Waals surface area contributed by atoms with Crippen molar-refractivity contribution < 1.29 is 28.9 Å². The number of carbonyl (C=O) groups is 4. The first kappa shape index (κ1) is 19.1. The fourth-order valence-electron chi connectivity index (χ4n) is 2.55. The van der Waals surface area contributed by atoms with E-state index in [2.05, 4.69) is 11.0 Å². The van der Waals surface area contributed by atoms with Gasteiger partial charge in [-0.1, -0.05) is 13.8 Å². The molecule has 2 amide bonds. The molecule has 0 spiro atoms. The zero-order valence-electron chi connectivity index (χ0n) is 15.3. The van der Waals surface area contributed by atoms with Gasteiger partial charge in [-0.15, -0.1) is 0 Å². The summed E-state index contributed by atoms with van der Waals surface area (Å²) in [5.74, 6) is -1.48. The Balaban J connectivity index is 2.08. The molecule has 0 saturated carbocycles. The highest BCUT2D eigenvalue weighted by Gasteiger charge is 2.15. The van der Waals surface area contributed by atoms with Crippen LogP contribution in [0, 0.1) is 0 Å². The third kappa shape index (κ3) is 4.01. The van der Waals surface area contributed by atoms with Gasteiger partial charge in [-0.3, -0.25) is 19.2 Å². The van der Waals surface area contributed by atoms with E-state index in [9.17, 15) is 19.2 Å². The second kappa shape index (κ2) is 7.91. The molecule has 0 heterocycles. The summed E-state index contributed by atoms with van der Waals surface area (Å²) in [5.41, 5.74) is 4.57. The maximum Gasteiger partial charge on any atom is 0.252 e. The normalized spacial score (nSPS) is 12.5. The van der Waals surface area contributed by atoms with Crippen molar-refractivity contribution in [2.75, 3.05) is 0 Å². The van der Waals surface area contributed by atoms with E-state index in [1.807, 2.05) is 0 Å². The van der Waals surface area contributed by atoms with E-state index in [-0.39, 0.29) is 36.2 Å². The molecule has 8 nitrogen and oxygen atoms in total. The SMILES string of the molecule is CCC(=O)NOc1cc2cc3c(cc2cc1ONC(=O)CC)=CC(=O)C(=O)C=3. The zero-order valence-corrected chi connectivity index (χ0v) is 15.3. The lowest BCUT2D eigenvalue weighted by Crippen LogP contribution is -2.33. The van der Waals surface area contributed by atoms with Crippen LogP contribution in [0.3, 0.4) is 0 Å².